The van der Waals surface area contributed by atoms with E-state index in [4.69, 9.17) is 13.9 Å². The first-order chi connectivity index (χ1) is 14.1. The molecule has 1 aliphatic rings. The van der Waals surface area contributed by atoms with Crippen molar-refractivity contribution in [1.29, 1.82) is 0 Å². The van der Waals surface area contributed by atoms with Crippen molar-refractivity contribution in [3.8, 4) is 23.0 Å². The number of nitro benzene ring substituents is 1. The number of amides is 1. The van der Waals surface area contributed by atoms with Crippen LogP contribution in [0.5, 0.6) is 11.5 Å². The molecule has 1 aliphatic heterocycles. The molecule has 2 aromatic carbocycles. The first-order valence-electron chi connectivity index (χ1n) is 8.49. The Morgan fingerprint density at radius 1 is 1.10 bits per heavy atom. The van der Waals surface area contributed by atoms with Crippen molar-refractivity contribution >= 4 is 29.0 Å². The Morgan fingerprint density at radius 2 is 1.86 bits per heavy atom. The number of anilines is 1. The second-order valence-electron chi connectivity index (χ2n) is 5.87. The summed E-state index contributed by atoms with van der Waals surface area (Å²) in [4.78, 5) is 22.2. The maximum absolute atomic E-state index is 12.1. The molecule has 29 heavy (non-hydrogen) atoms. The van der Waals surface area contributed by atoms with Crippen LogP contribution in [0.4, 0.5) is 11.4 Å². The second kappa shape index (κ2) is 8.19. The minimum atomic E-state index is -0.504. The van der Waals surface area contributed by atoms with Crippen molar-refractivity contribution in [1.82, 2.24) is 10.2 Å². The number of hydrogen-bond acceptors (Lipinski definition) is 9. The minimum absolute atomic E-state index is 0.0414. The Balaban J connectivity index is 1.34. The molecule has 0 spiro atoms. The van der Waals surface area contributed by atoms with Crippen molar-refractivity contribution < 1.29 is 23.6 Å². The van der Waals surface area contributed by atoms with E-state index in [1.165, 1.54) is 24.3 Å². The van der Waals surface area contributed by atoms with E-state index in [1.54, 1.807) is 18.2 Å². The summed E-state index contributed by atoms with van der Waals surface area (Å²) >= 11 is 1.08. The Bertz CT molecular complexity index is 1050. The van der Waals surface area contributed by atoms with Gasteiger partial charge in [-0.15, -0.1) is 10.2 Å². The molecule has 4 rings (SSSR count). The summed E-state index contributed by atoms with van der Waals surface area (Å²) < 4.78 is 16.6. The lowest BCUT2D eigenvalue weighted by molar-refractivity contribution is -0.384. The van der Waals surface area contributed by atoms with E-state index in [1.807, 2.05) is 0 Å². The van der Waals surface area contributed by atoms with Crippen LogP contribution in [0.3, 0.4) is 0 Å². The highest BCUT2D eigenvalue weighted by molar-refractivity contribution is 7.99. The highest BCUT2D eigenvalue weighted by Gasteiger charge is 2.16. The van der Waals surface area contributed by atoms with E-state index in [0.717, 1.165) is 11.8 Å². The van der Waals surface area contributed by atoms with Crippen molar-refractivity contribution in [2.24, 2.45) is 0 Å². The molecule has 3 aromatic rings. The molecule has 0 saturated carbocycles. The van der Waals surface area contributed by atoms with Crippen molar-refractivity contribution in [3.63, 3.8) is 0 Å². The molecule has 11 heteroatoms. The lowest BCUT2D eigenvalue weighted by Crippen LogP contribution is -2.15. The van der Waals surface area contributed by atoms with Crippen LogP contribution in [0, 0.1) is 10.1 Å². The average molecular weight is 414 g/mol. The van der Waals surface area contributed by atoms with E-state index < -0.39 is 4.92 Å². The van der Waals surface area contributed by atoms with Gasteiger partial charge in [0.15, 0.2) is 11.5 Å². The number of aromatic nitrogens is 2. The van der Waals surface area contributed by atoms with Crippen LogP contribution in [0.25, 0.3) is 11.5 Å². The number of rotatable bonds is 6. The number of fused-ring (bicyclic) bond motifs is 1. The molecule has 10 nitrogen and oxygen atoms in total. The van der Waals surface area contributed by atoms with Crippen molar-refractivity contribution in [3.05, 3.63) is 52.6 Å². The molecule has 0 atom stereocenters. The van der Waals surface area contributed by atoms with Gasteiger partial charge in [0.25, 0.3) is 10.9 Å². The first kappa shape index (κ1) is 18.7. The molecule has 0 fully saturated rings. The van der Waals surface area contributed by atoms with E-state index in [9.17, 15) is 14.9 Å². The van der Waals surface area contributed by atoms with Crippen LogP contribution in [-0.4, -0.2) is 40.0 Å². The summed E-state index contributed by atoms with van der Waals surface area (Å²) in [6.07, 6.45) is 0. The molecule has 1 amide bonds. The number of thioether (sulfide) groups is 1. The van der Waals surface area contributed by atoms with E-state index in [2.05, 4.69) is 15.5 Å². The summed E-state index contributed by atoms with van der Waals surface area (Å²) in [7, 11) is 0. The number of carbonyl (C=O) groups is 1. The number of nitro groups is 1. The van der Waals surface area contributed by atoms with Gasteiger partial charge in [0.2, 0.25) is 11.8 Å². The number of hydrogen-bond donors (Lipinski definition) is 1. The van der Waals surface area contributed by atoms with Crippen LogP contribution >= 0.6 is 11.8 Å². The molecule has 1 aromatic heterocycles. The molecule has 148 valence electrons. The maximum Gasteiger partial charge on any atom is 0.277 e. The number of carbonyl (C=O) groups excluding carboxylic acids is 1. The van der Waals surface area contributed by atoms with Gasteiger partial charge in [-0.2, -0.15) is 0 Å². The molecule has 0 saturated heterocycles. The zero-order valence-corrected chi connectivity index (χ0v) is 15.7. The Hall–Kier alpha value is -3.60. The molecular formula is C18H14N4O6S. The monoisotopic (exact) mass is 414 g/mol. The van der Waals surface area contributed by atoms with Gasteiger partial charge < -0.3 is 19.2 Å². The molecule has 0 radical (unpaired) electrons. The van der Waals surface area contributed by atoms with Crippen LogP contribution in [-0.2, 0) is 4.79 Å². The zero-order valence-electron chi connectivity index (χ0n) is 14.9. The normalized spacial score (nSPS) is 12.4. The van der Waals surface area contributed by atoms with Gasteiger partial charge in [-0.3, -0.25) is 14.9 Å². The van der Waals surface area contributed by atoms with Crippen LogP contribution in [0.15, 0.2) is 52.1 Å². The summed E-state index contributed by atoms with van der Waals surface area (Å²) in [6.45, 7) is 0.987. The lowest BCUT2D eigenvalue weighted by atomic mass is 10.2. The molecular weight excluding hydrogens is 400 g/mol. The number of non-ortho nitro benzene ring substituents is 1. The van der Waals surface area contributed by atoms with Crippen LogP contribution in [0.2, 0.25) is 0 Å². The lowest BCUT2D eigenvalue weighted by Gasteiger charge is -2.18. The number of benzene rings is 2. The summed E-state index contributed by atoms with van der Waals surface area (Å²) in [5.74, 6) is 1.32. The Morgan fingerprint density at radius 3 is 2.62 bits per heavy atom. The third-order valence-corrected chi connectivity index (χ3v) is 4.70. The molecule has 1 N–H and O–H groups in total. The topological polar surface area (TPSA) is 130 Å². The van der Waals surface area contributed by atoms with Crippen molar-refractivity contribution in [2.45, 2.75) is 5.22 Å². The third kappa shape index (κ3) is 4.46. The van der Waals surface area contributed by atoms with Crippen molar-refractivity contribution in [2.75, 3.05) is 24.3 Å². The predicted octanol–water partition coefficient (Wildman–Crippen LogP) is 3.15. The summed E-state index contributed by atoms with van der Waals surface area (Å²) in [5.41, 5.74) is 1.10. The number of nitrogens with one attached hydrogen (secondary N) is 1. The SMILES string of the molecule is O=C(CSc1nnc(-c2ccc3c(c2)OCCO3)o1)Nc1ccc([N+](=O)[O-])cc1. The largest absolute Gasteiger partial charge is 0.486 e. The van der Waals surface area contributed by atoms with Crippen LogP contribution in [0.1, 0.15) is 0 Å². The first-order valence-corrected chi connectivity index (χ1v) is 9.48. The van der Waals surface area contributed by atoms with Gasteiger partial charge in [-0.1, -0.05) is 11.8 Å². The van der Waals surface area contributed by atoms with E-state index >= 15 is 0 Å². The van der Waals surface area contributed by atoms with Crippen LogP contribution < -0.4 is 14.8 Å². The maximum atomic E-state index is 12.1. The highest BCUT2D eigenvalue weighted by atomic mass is 32.2. The molecule has 0 unspecified atom stereocenters. The Kier molecular flexibility index (Phi) is 5.29. The summed E-state index contributed by atoms with van der Waals surface area (Å²) in [5, 5.41) is 21.5. The zero-order chi connectivity index (χ0) is 20.2. The average Bonchev–Trinajstić information content (AvgIpc) is 3.21. The van der Waals surface area contributed by atoms with Gasteiger partial charge in [0.05, 0.1) is 10.7 Å². The van der Waals surface area contributed by atoms with E-state index in [-0.39, 0.29) is 22.6 Å². The second-order valence-corrected chi connectivity index (χ2v) is 6.80. The molecule has 0 aliphatic carbocycles. The fourth-order valence-corrected chi connectivity index (χ4v) is 3.12. The molecule has 2 heterocycles. The Labute approximate surface area is 168 Å². The van der Waals surface area contributed by atoms with Gasteiger partial charge in [0, 0.05) is 23.4 Å². The third-order valence-electron chi connectivity index (χ3n) is 3.88. The smallest absolute Gasteiger partial charge is 0.277 e. The van der Waals surface area contributed by atoms with E-state index in [0.29, 0.717) is 41.9 Å². The molecule has 0 bridgehead atoms. The fraction of sp³-hybridized carbons (Fsp3) is 0.167. The highest BCUT2D eigenvalue weighted by Crippen LogP contribution is 2.34. The summed E-state index contributed by atoms with van der Waals surface area (Å²) in [6, 6.07) is 10.9. The van der Waals surface area contributed by atoms with Gasteiger partial charge >= 0.3 is 0 Å². The number of ether oxygens (including phenoxy) is 2. The number of nitrogens with zero attached hydrogens (tertiary/aromatic N) is 3. The van der Waals surface area contributed by atoms with Gasteiger partial charge in [0.1, 0.15) is 13.2 Å². The van der Waals surface area contributed by atoms with Gasteiger partial charge in [-0.05, 0) is 30.3 Å². The standard InChI is InChI=1S/C18H14N4O6S/c23-16(19-12-2-4-13(5-3-12)22(24)25)10-29-18-21-20-17(28-18)11-1-6-14-15(9-11)27-8-7-26-14/h1-6,9H,7-8,10H2,(H,19,23). The predicted molar refractivity (Wildman–Crippen MR) is 103 cm³/mol. The fourth-order valence-electron chi connectivity index (χ4n) is 2.55. The quantitative estimate of drug-likeness (QED) is 0.367. The van der Waals surface area contributed by atoms with Gasteiger partial charge in [-0.25, -0.2) is 0 Å². The minimum Gasteiger partial charge on any atom is -0.486 e.